The molecule has 1 amide bonds. The molecule has 0 aliphatic carbocycles. The number of carbonyl (C=O) groups excluding carboxylic acids is 1. The average Bonchev–Trinajstić information content (AvgIpc) is 2.51. The molecule has 0 unspecified atom stereocenters. The van der Waals surface area contributed by atoms with Crippen LogP contribution in [-0.2, 0) is 4.79 Å². The van der Waals surface area contributed by atoms with Crippen LogP contribution in [-0.4, -0.2) is 48.5 Å². The molecule has 0 saturated carbocycles. The van der Waals surface area contributed by atoms with Crippen LogP contribution in [0.3, 0.4) is 0 Å². The van der Waals surface area contributed by atoms with E-state index in [-0.39, 0.29) is 11.3 Å². The highest BCUT2D eigenvalue weighted by atomic mass is 16.2. The van der Waals surface area contributed by atoms with Crippen molar-refractivity contribution in [1.29, 1.82) is 0 Å². The number of aromatic nitrogens is 1. The normalized spacial score (nSPS) is 22.3. The van der Waals surface area contributed by atoms with Crippen molar-refractivity contribution in [2.45, 2.75) is 33.6 Å². The highest BCUT2D eigenvalue weighted by Crippen LogP contribution is 2.29. The molecule has 1 aliphatic rings. The lowest BCUT2D eigenvalue weighted by molar-refractivity contribution is -0.133. The zero-order chi connectivity index (χ0) is 16.0. The van der Waals surface area contributed by atoms with E-state index < -0.39 is 0 Å². The van der Waals surface area contributed by atoms with Crippen molar-refractivity contribution in [1.82, 2.24) is 15.2 Å². The smallest absolute Gasteiger partial charge is 0.227 e. The van der Waals surface area contributed by atoms with E-state index in [1.807, 2.05) is 19.1 Å². The minimum absolute atomic E-state index is 0.171. The third-order valence-corrected chi connectivity index (χ3v) is 4.40. The molecule has 2 heterocycles. The first kappa shape index (κ1) is 16.7. The predicted octanol–water partition coefficient (Wildman–Crippen LogP) is 2.04. The maximum atomic E-state index is 12.5. The summed E-state index contributed by atoms with van der Waals surface area (Å²) in [5, 5.41) is 6.31. The summed E-state index contributed by atoms with van der Waals surface area (Å²) in [5.41, 5.74) is 0.923. The van der Waals surface area contributed by atoms with Gasteiger partial charge in [0.05, 0.1) is 5.41 Å². The first-order valence-electron chi connectivity index (χ1n) is 8.21. The van der Waals surface area contributed by atoms with Crippen LogP contribution in [0, 0.1) is 12.3 Å². The zero-order valence-electron chi connectivity index (χ0n) is 14.0. The number of likely N-dealkylation sites (tertiary alicyclic amines) is 1. The number of piperidine rings is 1. The molecule has 0 bridgehead atoms. The lowest BCUT2D eigenvalue weighted by atomic mass is 9.81. The van der Waals surface area contributed by atoms with Gasteiger partial charge in [-0.05, 0) is 57.5 Å². The van der Waals surface area contributed by atoms with Gasteiger partial charge in [-0.3, -0.25) is 4.79 Å². The first-order chi connectivity index (χ1) is 10.5. The second-order valence-corrected chi connectivity index (χ2v) is 6.43. The molecule has 0 aromatic carbocycles. The van der Waals surface area contributed by atoms with E-state index in [2.05, 4.69) is 34.4 Å². The van der Waals surface area contributed by atoms with Crippen LogP contribution in [0.15, 0.2) is 18.3 Å². The van der Waals surface area contributed by atoms with Crippen LogP contribution in [0.2, 0.25) is 0 Å². The van der Waals surface area contributed by atoms with E-state index in [9.17, 15) is 4.79 Å². The lowest BCUT2D eigenvalue weighted by Crippen LogP contribution is -2.50. The van der Waals surface area contributed by atoms with Crippen molar-refractivity contribution in [3.8, 4) is 0 Å². The van der Waals surface area contributed by atoms with E-state index >= 15 is 0 Å². The van der Waals surface area contributed by atoms with Crippen LogP contribution < -0.4 is 10.6 Å². The van der Waals surface area contributed by atoms with Gasteiger partial charge in [0.15, 0.2) is 0 Å². The standard InChI is InChI=1S/C17H28N4O/c1-4-21-11-5-7-17(3,13-21)16(22)20-10-9-19-15-12-14(2)6-8-18-15/h6,8,12H,4-5,7,9-11,13H2,1-3H3,(H,18,19)(H,20,22)/t17-/m0/s1. The van der Waals surface area contributed by atoms with Gasteiger partial charge in [-0.2, -0.15) is 0 Å². The molecule has 1 aromatic rings. The number of rotatable bonds is 6. The molecule has 5 heteroatoms. The molecule has 1 aliphatic heterocycles. The summed E-state index contributed by atoms with van der Waals surface area (Å²) in [4.78, 5) is 19.1. The van der Waals surface area contributed by atoms with Crippen molar-refractivity contribution in [3.05, 3.63) is 23.9 Å². The second kappa shape index (κ2) is 7.58. The minimum Gasteiger partial charge on any atom is -0.368 e. The number of amides is 1. The number of hydrogen-bond donors (Lipinski definition) is 2. The van der Waals surface area contributed by atoms with Crippen molar-refractivity contribution in [3.63, 3.8) is 0 Å². The maximum absolute atomic E-state index is 12.5. The van der Waals surface area contributed by atoms with Gasteiger partial charge in [0.1, 0.15) is 5.82 Å². The molecule has 2 N–H and O–H groups in total. The molecule has 1 atom stereocenters. The van der Waals surface area contributed by atoms with E-state index in [1.54, 1.807) is 6.20 Å². The highest BCUT2D eigenvalue weighted by molar-refractivity contribution is 5.82. The Bertz CT molecular complexity index is 505. The Morgan fingerprint density at radius 3 is 3.00 bits per heavy atom. The average molecular weight is 304 g/mol. The largest absolute Gasteiger partial charge is 0.368 e. The molecule has 22 heavy (non-hydrogen) atoms. The lowest BCUT2D eigenvalue weighted by Gasteiger charge is -2.38. The van der Waals surface area contributed by atoms with E-state index in [1.165, 1.54) is 5.56 Å². The summed E-state index contributed by atoms with van der Waals surface area (Å²) in [6, 6.07) is 3.97. The Kier molecular flexibility index (Phi) is 5.77. The summed E-state index contributed by atoms with van der Waals surface area (Å²) in [6.45, 7) is 10.6. The fourth-order valence-corrected chi connectivity index (χ4v) is 3.01. The number of anilines is 1. The molecule has 2 rings (SSSR count). The summed E-state index contributed by atoms with van der Waals surface area (Å²) in [7, 11) is 0. The number of aryl methyl sites for hydroxylation is 1. The van der Waals surface area contributed by atoms with Crippen LogP contribution >= 0.6 is 0 Å². The van der Waals surface area contributed by atoms with Gasteiger partial charge in [0.2, 0.25) is 5.91 Å². The topological polar surface area (TPSA) is 57.3 Å². The van der Waals surface area contributed by atoms with Gasteiger partial charge < -0.3 is 15.5 Å². The molecule has 1 aromatic heterocycles. The number of nitrogens with one attached hydrogen (secondary N) is 2. The summed E-state index contributed by atoms with van der Waals surface area (Å²) < 4.78 is 0. The second-order valence-electron chi connectivity index (χ2n) is 6.43. The number of nitrogens with zero attached hydrogens (tertiary/aromatic N) is 2. The Labute approximate surface area is 133 Å². The zero-order valence-corrected chi connectivity index (χ0v) is 14.0. The van der Waals surface area contributed by atoms with E-state index in [4.69, 9.17) is 0 Å². The Balaban J connectivity index is 1.75. The molecule has 122 valence electrons. The third kappa shape index (κ3) is 4.44. The van der Waals surface area contributed by atoms with Crippen LogP contribution in [0.25, 0.3) is 0 Å². The molecule has 1 fully saturated rings. The highest BCUT2D eigenvalue weighted by Gasteiger charge is 2.36. The summed E-state index contributed by atoms with van der Waals surface area (Å²) in [6.07, 6.45) is 3.87. The van der Waals surface area contributed by atoms with Gasteiger partial charge in [-0.15, -0.1) is 0 Å². The van der Waals surface area contributed by atoms with E-state index in [0.717, 1.165) is 38.3 Å². The molecule has 1 saturated heterocycles. The van der Waals surface area contributed by atoms with Crippen molar-refractivity contribution < 1.29 is 4.79 Å². The Morgan fingerprint density at radius 1 is 1.45 bits per heavy atom. The van der Waals surface area contributed by atoms with Gasteiger partial charge >= 0.3 is 0 Å². The molecule has 5 nitrogen and oxygen atoms in total. The van der Waals surface area contributed by atoms with Crippen molar-refractivity contribution >= 4 is 11.7 Å². The SMILES string of the molecule is CCN1CCC[C@](C)(C(=O)NCCNc2cc(C)ccn2)C1. The van der Waals surface area contributed by atoms with Gasteiger partial charge in [0.25, 0.3) is 0 Å². The fraction of sp³-hybridized carbons (Fsp3) is 0.647. The summed E-state index contributed by atoms with van der Waals surface area (Å²) >= 11 is 0. The number of pyridine rings is 1. The van der Waals surface area contributed by atoms with Crippen LogP contribution in [0.1, 0.15) is 32.3 Å². The maximum Gasteiger partial charge on any atom is 0.227 e. The predicted molar refractivity (Wildman–Crippen MR) is 89.9 cm³/mol. The van der Waals surface area contributed by atoms with Crippen molar-refractivity contribution in [2.75, 3.05) is 38.0 Å². The third-order valence-electron chi connectivity index (χ3n) is 4.40. The van der Waals surface area contributed by atoms with Gasteiger partial charge in [-0.1, -0.05) is 6.92 Å². The van der Waals surface area contributed by atoms with Gasteiger partial charge in [-0.25, -0.2) is 4.98 Å². The first-order valence-corrected chi connectivity index (χ1v) is 8.21. The summed E-state index contributed by atoms with van der Waals surface area (Å²) in [5.74, 6) is 1.03. The van der Waals surface area contributed by atoms with Crippen LogP contribution in [0.5, 0.6) is 0 Å². The molecule has 0 spiro atoms. The van der Waals surface area contributed by atoms with Crippen LogP contribution in [0.4, 0.5) is 5.82 Å². The molecule has 0 radical (unpaired) electrons. The Hall–Kier alpha value is -1.62. The molecular formula is C17H28N4O. The minimum atomic E-state index is -0.254. The fourth-order valence-electron chi connectivity index (χ4n) is 3.01. The van der Waals surface area contributed by atoms with E-state index in [0.29, 0.717) is 13.1 Å². The molecular weight excluding hydrogens is 276 g/mol. The van der Waals surface area contributed by atoms with Crippen molar-refractivity contribution in [2.24, 2.45) is 5.41 Å². The number of carbonyl (C=O) groups is 1. The van der Waals surface area contributed by atoms with Gasteiger partial charge in [0, 0.05) is 25.8 Å². The quantitative estimate of drug-likeness (QED) is 0.790. The monoisotopic (exact) mass is 304 g/mol. The Morgan fingerprint density at radius 2 is 2.27 bits per heavy atom. The number of hydrogen-bond acceptors (Lipinski definition) is 4.